The lowest BCUT2D eigenvalue weighted by Crippen LogP contribution is -2.05. The molecule has 0 aliphatic rings. The molecule has 0 fully saturated rings. The molecule has 6 heteroatoms. The third-order valence-corrected chi connectivity index (χ3v) is 3.73. The molecule has 0 saturated heterocycles. The first-order valence-electron chi connectivity index (χ1n) is 7.00. The number of carboxylic acids is 1. The van der Waals surface area contributed by atoms with Crippen molar-refractivity contribution >= 4 is 5.97 Å². The molecule has 0 saturated carbocycles. The van der Waals surface area contributed by atoms with E-state index in [4.69, 9.17) is 0 Å². The summed E-state index contributed by atoms with van der Waals surface area (Å²) in [6.45, 7) is 3.89. The smallest absolute Gasteiger partial charge is 0.358 e. The van der Waals surface area contributed by atoms with Crippen LogP contribution in [0.25, 0.3) is 16.9 Å². The summed E-state index contributed by atoms with van der Waals surface area (Å²) >= 11 is 0. The van der Waals surface area contributed by atoms with Crippen molar-refractivity contribution in [2.75, 3.05) is 0 Å². The van der Waals surface area contributed by atoms with E-state index < -0.39 is 11.8 Å². The van der Waals surface area contributed by atoms with E-state index in [1.165, 1.54) is 16.8 Å². The summed E-state index contributed by atoms with van der Waals surface area (Å²) in [6.07, 6.45) is 0. The highest BCUT2D eigenvalue weighted by molar-refractivity contribution is 5.93. The zero-order valence-electron chi connectivity index (χ0n) is 12.6. The van der Waals surface area contributed by atoms with Crippen molar-refractivity contribution in [2.45, 2.75) is 13.8 Å². The molecule has 0 bridgehead atoms. The van der Waals surface area contributed by atoms with Gasteiger partial charge < -0.3 is 5.11 Å². The fraction of sp³-hybridized carbons (Fsp3) is 0.118. The quantitative estimate of drug-likeness (QED) is 0.805. The van der Waals surface area contributed by atoms with Crippen LogP contribution in [0.5, 0.6) is 0 Å². The van der Waals surface area contributed by atoms with Gasteiger partial charge in [0.2, 0.25) is 0 Å². The second-order valence-corrected chi connectivity index (χ2v) is 5.25. The molecule has 1 N–H and O–H groups in total. The average molecular weight is 311 g/mol. The molecule has 1 aromatic heterocycles. The molecule has 0 radical (unpaired) electrons. The van der Waals surface area contributed by atoms with Gasteiger partial charge in [-0.05, 0) is 43.2 Å². The fourth-order valence-electron chi connectivity index (χ4n) is 2.37. The van der Waals surface area contributed by atoms with Crippen molar-refractivity contribution in [3.8, 4) is 16.9 Å². The molecular weight excluding hydrogens is 297 g/mol. The van der Waals surface area contributed by atoms with Gasteiger partial charge in [0.25, 0.3) is 0 Å². The Kier molecular flexibility index (Phi) is 3.65. The van der Waals surface area contributed by atoms with E-state index in [9.17, 15) is 14.3 Å². The number of aromatic nitrogens is 3. The maximum atomic E-state index is 14.1. The minimum atomic E-state index is -1.21. The van der Waals surface area contributed by atoms with Gasteiger partial charge in [0.05, 0.1) is 0 Å². The van der Waals surface area contributed by atoms with E-state index in [1.807, 2.05) is 26.0 Å². The molecule has 3 aromatic rings. The Bertz CT molecular complexity index is 903. The summed E-state index contributed by atoms with van der Waals surface area (Å²) in [4.78, 5) is 11.5. The van der Waals surface area contributed by atoms with Crippen LogP contribution in [0.15, 0.2) is 42.5 Å². The first-order chi connectivity index (χ1) is 11.0. The van der Waals surface area contributed by atoms with Crippen LogP contribution < -0.4 is 0 Å². The lowest BCUT2D eigenvalue weighted by molar-refractivity contribution is 0.0691. The lowest BCUT2D eigenvalue weighted by Gasteiger charge is -2.10. The summed E-state index contributed by atoms with van der Waals surface area (Å²) in [7, 11) is 0. The number of halogens is 1. The van der Waals surface area contributed by atoms with E-state index in [0.29, 0.717) is 5.56 Å². The van der Waals surface area contributed by atoms with Crippen LogP contribution in [-0.2, 0) is 0 Å². The van der Waals surface area contributed by atoms with E-state index in [0.717, 1.165) is 11.1 Å². The van der Waals surface area contributed by atoms with E-state index in [2.05, 4.69) is 10.3 Å². The molecule has 0 amide bonds. The molecule has 116 valence electrons. The molecule has 2 aromatic carbocycles. The monoisotopic (exact) mass is 311 g/mol. The summed E-state index contributed by atoms with van der Waals surface area (Å²) < 4.78 is 15.3. The van der Waals surface area contributed by atoms with Crippen LogP contribution in [0, 0.1) is 19.7 Å². The zero-order chi connectivity index (χ0) is 16.6. The predicted octanol–water partition coefficient (Wildman–Crippen LogP) is 3.39. The molecule has 5 nitrogen and oxygen atoms in total. The Balaban J connectivity index is 2.29. The Morgan fingerprint density at radius 3 is 2.52 bits per heavy atom. The Labute approximate surface area is 132 Å². The zero-order valence-corrected chi connectivity index (χ0v) is 12.6. The first-order valence-corrected chi connectivity index (χ1v) is 7.00. The third-order valence-electron chi connectivity index (χ3n) is 3.73. The number of nitrogens with zero attached hydrogens (tertiary/aromatic N) is 3. The summed E-state index contributed by atoms with van der Waals surface area (Å²) in [5.41, 5.74) is 2.90. The summed E-state index contributed by atoms with van der Waals surface area (Å²) in [5.74, 6) is -1.71. The summed E-state index contributed by atoms with van der Waals surface area (Å²) in [6, 6.07) is 11.5. The Morgan fingerprint density at radius 1 is 1.13 bits per heavy atom. The highest BCUT2D eigenvalue weighted by atomic mass is 19.1. The third kappa shape index (κ3) is 2.59. The lowest BCUT2D eigenvalue weighted by atomic mass is 10.0. The van der Waals surface area contributed by atoms with Crippen molar-refractivity contribution in [1.29, 1.82) is 0 Å². The molecule has 0 spiro atoms. The molecule has 3 rings (SSSR count). The number of carbonyl (C=O) groups is 1. The van der Waals surface area contributed by atoms with Crippen LogP contribution >= 0.6 is 0 Å². The van der Waals surface area contributed by atoms with Gasteiger partial charge in [-0.25, -0.2) is 13.9 Å². The van der Waals surface area contributed by atoms with E-state index in [-0.39, 0.29) is 17.1 Å². The number of para-hydroxylation sites is 1. The number of aromatic carboxylic acids is 1. The normalized spacial score (nSPS) is 10.7. The minimum absolute atomic E-state index is 0.153. The van der Waals surface area contributed by atoms with Crippen molar-refractivity contribution in [3.63, 3.8) is 0 Å². The van der Waals surface area contributed by atoms with Gasteiger partial charge in [0.15, 0.2) is 5.69 Å². The van der Waals surface area contributed by atoms with Crippen LogP contribution in [0.2, 0.25) is 0 Å². The number of benzene rings is 2. The van der Waals surface area contributed by atoms with Gasteiger partial charge in [-0.2, -0.15) is 0 Å². The standard InChI is InChI=1S/C17H14FN3O2/c1-10-7-8-12(9-11(10)2)16-15(17(22)23)19-20-21(16)14-6-4-3-5-13(14)18/h3-9H,1-2H3,(H,22,23). The summed E-state index contributed by atoms with van der Waals surface area (Å²) in [5, 5.41) is 16.9. The second-order valence-electron chi connectivity index (χ2n) is 5.25. The molecule has 0 unspecified atom stereocenters. The van der Waals surface area contributed by atoms with Crippen LogP contribution in [-0.4, -0.2) is 26.1 Å². The van der Waals surface area contributed by atoms with Gasteiger partial charge in [-0.15, -0.1) is 5.10 Å². The number of aryl methyl sites for hydroxylation is 2. The van der Waals surface area contributed by atoms with Crippen LogP contribution in [0.1, 0.15) is 21.6 Å². The second kappa shape index (κ2) is 5.64. The van der Waals surface area contributed by atoms with Gasteiger partial charge in [0, 0.05) is 5.56 Å². The highest BCUT2D eigenvalue weighted by Gasteiger charge is 2.23. The topological polar surface area (TPSA) is 68.0 Å². The maximum absolute atomic E-state index is 14.1. The van der Waals surface area contributed by atoms with Gasteiger partial charge >= 0.3 is 5.97 Å². The first kappa shape index (κ1) is 14.9. The Morgan fingerprint density at radius 2 is 1.87 bits per heavy atom. The molecule has 1 heterocycles. The highest BCUT2D eigenvalue weighted by Crippen LogP contribution is 2.28. The molecular formula is C17H14FN3O2. The number of hydrogen-bond donors (Lipinski definition) is 1. The van der Waals surface area contributed by atoms with E-state index >= 15 is 0 Å². The number of rotatable bonds is 3. The molecule has 0 aliphatic carbocycles. The maximum Gasteiger partial charge on any atom is 0.358 e. The van der Waals surface area contributed by atoms with Crippen molar-refractivity contribution in [3.05, 3.63) is 65.1 Å². The minimum Gasteiger partial charge on any atom is -0.476 e. The van der Waals surface area contributed by atoms with Crippen molar-refractivity contribution in [2.24, 2.45) is 0 Å². The largest absolute Gasteiger partial charge is 0.476 e. The van der Waals surface area contributed by atoms with E-state index in [1.54, 1.807) is 18.2 Å². The number of hydrogen-bond acceptors (Lipinski definition) is 3. The van der Waals surface area contributed by atoms with Crippen molar-refractivity contribution in [1.82, 2.24) is 15.0 Å². The Hall–Kier alpha value is -3.02. The van der Waals surface area contributed by atoms with Crippen LogP contribution in [0.3, 0.4) is 0 Å². The molecule has 23 heavy (non-hydrogen) atoms. The van der Waals surface area contributed by atoms with Gasteiger partial charge in [-0.1, -0.05) is 29.5 Å². The molecule has 0 aliphatic heterocycles. The van der Waals surface area contributed by atoms with Gasteiger partial charge in [-0.3, -0.25) is 0 Å². The van der Waals surface area contributed by atoms with Crippen molar-refractivity contribution < 1.29 is 14.3 Å². The predicted molar refractivity (Wildman–Crippen MR) is 83.2 cm³/mol. The average Bonchev–Trinajstić information content (AvgIpc) is 2.95. The molecule has 0 atom stereocenters. The number of carboxylic acid groups (broad SMARTS) is 1. The van der Waals surface area contributed by atoms with Gasteiger partial charge in [0.1, 0.15) is 17.2 Å². The van der Waals surface area contributed by atoms with Crippen LogP contribution in [0.4, 0.5) is 4.39 Å². The fourth-order valence-corrected chi connectivity index (χ4v) is 2.37. The SMILES string of the molecule is Cc1ccc(-c2c(C(=O)O)nnn2-c2ccccc2F)cc1C.